The molecule has 1 aromatic heterocycles. The molecule has 124 valence electrons. The van der Waals surface area contributed by atoms with Crippen molar-refractivity contribution in [1.29, 1.82) is 0 Å². The summed E-state index contributed by atoms with van der Waals surface area (Å²) in [5.74, 6) is 0.439. The number of hydrogen-bond donors (Lipinski definition) is 1. The largest absolute Gasteiger partial charge is 0.496 e. The topological polar surface area (TPSA) is 60.5 Å². The van der Waals surface area contributed by atoms with Crippen LogP contribution in [-0.2, 0) is 0 Å². The Morgan fingerprint density at radius 3 is 2.42 bits per heavy atom. The maximum absolute atomic E-state index is 12.6. The number of ether oxygens (including phenoxy) is 2. The average molecular weight is 383 g/mol. The van der Waals surface area contributed by atoms with Crippen LogP contribution < -0.4 is 14.8 Å². The SMILES string of the molecule is COc1cccc(OC)c1C(=O)Nc1nc2c(Cl)c(Cl)ccc2s1. The minimum absolute atomic E-state index is 0.297. The lowest BCUT2D eigenvalue weighted by Gasteiger charge is -2.11. The molecule has 0 aliphatic carbocycles. The summed E-state index contributed by atoms with van der Waals surface area (Å²) in [5.41, 5.74) is 0.849. The van der Waals surface area contributed by atoms with Gasteiger partial charge >= 0.3 is 0 Å². The van der Waals surface area contributed by atoms with Crippen molar-refractivity contribution in [2.45, 2.75) is 0 Å². The molecule has 0 saturated carbocycles. The highest BCUT2D eigenvalue weighted by Crippen LogP contribution is 2.36. The maximum Gasteiger partial charge on any atom is 0.265 e. The van der Waals surface area contributed by atoms with E-state index in [9.17, 15) is 4.79 Å². The summed E-state index contributed by atoms with van der Waals surface area (Å²) in [7, 11) is 2.98. The number of methoxy groups -OCH3 is 2. The summed E-state index contributed by atoms with van der Waals surface area (Å²) in [6, 6.07) is 8.62. The fourth-order valence-electron chi connectivity index (χ4n) is 2.23. The lowest BCUT2D eigenvalue weighted by Crippen LogP contribution is -2.14. The van der Waals surface area contributed by atoms with E-state index in [-0.39, 0.29) is 5.91 Å². The van der Waals surface area contributed by atoms with Gasteiger partial charge in [-0.2, -0.15) is 0 Å². The van der Waals surface area contributed by atoms with Gasteiger partial charge in [-0.05, 0) is 24.3 Å². The number of nitrogens with one attached hydrogen (secondary N) is 1. The van der Waals surface area contributed by atoms with E-state index >= 15 is 0 Å². The molecule has 2 aromatic carbocycles. The van der Waals surface area contributed by atoms with E-state index in [2.05, 4.69) is 10.3 Å². The summed E-state index contributed by atoms with van der Waals surface area (Å²) in [4.78, 5) is 17.0. The number of amides is 1. The fourth-order valence-corrected chi connectivity index (χ4v) is 3.51. The van der Waals surface area contributed by atoms with Crippen LogP contribution in [0.2, 0.25) is 10.0 Å². The zero-order valence-electron chi connectivity index (χ0n) is 12.7. The van der Waals surface area contributed by atoms with E-state index in [1.807, 2.05) is 0 Å². The molecule has 0 radical (unpaired) electrons. The van der Waals surface area contributed by atoms with E-state index in [4.69, 9.17) is 32.7 Å². The first-order chi connectivity index (χ1) is 11.5. The molecule has 3 rings (SSSR count). The summed E-state index contributed by atoms with van der Waals surface area (Å²) in [5, 5.41) is 3.94. The number of rotatable bonds is 4. The van der Waals surface area contributed by atoms with Gasteiger partial charge in [0.15, 0.2) is 5.13 Å². The lowest BCUT2D eigenvalue weighted by molar-refractivity contribution is 0.102. The van der Waals surface area contributed by atoms with Crippen LogP contribution in [0.25, 0.3) is 10.2 Å². The van der Waals surface area contributed by atoms with Crippen molar-refractivity contribution < 1.29 is 14.3 Å². The van der Waals surface area contributed by atoms with Crippen LogP contribution in [0.5, 0.6) is 11.5 Å². The van der Waals surface area contributed by atoms with Gasteiger partial charge in [0.05, 0.1) is 29.0 Å². The van der Waals surface area contributed by atoms with Gasteiger partial charge in [0.25, 0.3) is 5.91 Å². The average Bonchev–Trinajstić information content (AvgIpc) is 3.00. The molecule has 1 N–H and O–H groups in total. The second-order valence-electron chi connectivity index (χ2n) is 4.72. The number of carbonyl (C=O) groups excluding carboxylic acids is 1. The molecular formula is C16H12Cl2N2O3S. The highest BCUT2D eigenvalue weighted by molar-refractivity contribution is 7.22. The first kappa shape index (κ1) is 16.8. The normalized spacial score (nSPS) is 10.7. The van der Waals surface area contributed by atoms with E-state index in [0.717, 1.165) is 4.70 Å². The van der Waals surface area contributed by atoms with Crippen molar-refractivity contribution in [1.82, 2.24) is 4.98 Å². The Kier molecular flexibility index (Phi) is 4.80. The number of anilines is 1. The number of benzene rings is 2. The summed E-state index contributed by atoms with van der Waals surface area (Å²) >= 11 is 13.4. The standard InChI is InChI=1S/C16H12Cl2N2O3S/c1-22-9-4-3-5-10(23-2)12(9)15(21)20-16-19-14-11(24-16)7-6-8(17)13(14)18/h3-7H,1-2H3,(H,19,20,21). The van der Waals surface area contributed by atoms with Gasteiger partial charge in [-0.15, -0.1) is 0 Å². The van der Waals surface area contributed by atoms with E-state index in [1.54, 1.807) is 30.3 Å². The Labute approximate surface area is 152 Å². The van der Waals surface area contributed by atoms with Gasteiger partial charge in [-0.25, -0.2) is 4.98 Å². The Balaban J connectivity index is 1.97. The molecule has 0 aliphatic rings. The van der Waals surface area contributed by atoms with Crippen molar-refractivity contribution in [2.24, 2.45) is 0 Å². The van der Waals surface area contributed by atoms with Crippen molar-refractivity contribution in [3.05, 3.63) is 45.9 Å². The first-order valence-electron chi connectivity index (χ1n) is 6.82. The van der Waals surface area contributed by atoms with E-state index in [1.165, 1.54) is 25.6 Å². The predicted octanol–water partition coefficient (Wildman–Crippen LogP) is 4.87. The molecule has 3 aromatic rings. The number of thiazole rings is 1. The van der Waals surface area contributed by atoms with Crippen molar-refractivity contribution in [3.63, 3.8) is 0 Å². The smallest absolute Gasteiger partial charge is 0.265 e. The minimum atomic E-state index is -0.384. The number of carbonyl (C=O) groups is 1. The molecule has 8 heteroatoms. The van der Waals surface area contributed by atoms with Crippen LogP contribution in [0.3, 0.4) is 0 Å². The highest BCUT2D eigenvalue weighted by Gasteiger charge is 2.20. The Morgan fingerprint density at radius 2 is 1.79 bits per heavy atom. The van der Waals surface area contributed by atoms with Crippen LogP contribution in [0.1, 0.15) is 10.4 Å². The van der Waals surface area contributed by atoms with Gasteiger partial charge in [-0.3, -0.25) is 10.1 Å². The molecule has 5 nitrogen and oxygen atoms in total. The van der Waals surface area contributed by atoms with Crippen molar-refractivity contribution in [2.75, 3.05) is 19.5 Å². The molecule has 0 fully saturated rings. The fraction of sp³-hybridized carbons (Fsp3) is 0.125. The molecule has 0 spiro atoms. The third-order valence-electron chi connectivity index (χ3n) is 3.33. The first-order valence-corrected chi connectivity index (χ1v) is 8.39. The molecule has 0 bridgehead atoms. The van der Waals surface area contributed by atoms with Gasteiger partial charge < -0.3 is 9.47 Å². The quantitative estimate of drug-likeness (QED) is 0.698. The molecule has 0 saturated heterocycles. The third-order valence-corrected chi connectivity index (χ3v) is 5.06. The number of halogens is 2. The summed E-state index contributed by atoms with van der Waals surface area (Å²) < 4.78 is 11.3. The molecule has 0 unspecified atom stereocenters. The number of hydrogen-bond acceptors (Lipinski definition) is 5. The monoisotopic (exact) mass is 382 g/mol. The molecule has 0 aliphatic heterocycles. The highest BCUT2D eigenvalue weighted by atomic mass is 35.5. The molecule has 24 heavy (non-hydrogen) atoms. The zero-order valence-corrected chi connectivity index (χ0v) is 15.1. The van der Waals surface area contributed by atoms with Gasteiger partial charge in [0, 0.05) is 0 Å². The zero-order chi connectivity index (χ0) is 17.3. The van der Waals surface area contributed by atoms with Crippen LogP contribution in [0, 0.1) is 0 Å². The van der Waals surface area contributed by atoms with E-state index in [0.29, 0.717) is 37.8 Å². The Bertz CT molecular complexity index is 905. The summed E-state index contributed by atoms with van der Waals surface area (Å²) in [6.07, 6.45) is 0. The van der Waals surface area contributed by atoms with Gasteiger partial charge in [0.2, 0.25) is 0 Å². The lowest BCUT2D eigenvalue weighted by atomic mass is 10.1. The molecular weight excluding hydrogens is 371 g/mol. The third kappa shape index (κ3) is 3.00. The van der Waals surface area contributed by atoms with Crippen molar-refractivity contribution >= 4 is 55.8 Å². The second-order valence-corrected chi connectivity index (χ2v) is 6.53. The van der Waals surface area contributed by atoms with Gasteiger partial charge in [-0.1, -0.05) is 40.6 Å². The molecule has 0 atom stereocenters. The number of aromatic nitrogens is 1. The maximum atomic E-state index is 12.6. The second kappa shape index (κ2) is 6.84. The Hall–Kier alpha value is -2.02. The van der Waals surface area contributed by atoms with Crippen LogP contribution in [0.4, 0.5) is 5.13 Å². The summed E-state index contributed by atoms with van der Waals surface area (Å²) in [6.45, 7) is 0. The van der Waals surface area contributed by atoms with Crippen LogP contribution in [-0.4, -0.2) is 25.1 Å². The Morgan fingerprint density at radius 1 is 1.12 bits per heavy atom. The minimum Gasteiger partial charge on any atom is -0.496 e. The van der Waals surface area contributed by atoms with Gasteiger partial charge in [0.1, 0.15) is 22.6 Å². The van der Waals surface area contributed by atoms with Crippen molar-refractivity contribution in [3.8, 4) is 11.5 Å². The number of fused-ring (bicyclic) bond motifs is 1. The van der Waals surface area contributed by atoms with Crippen LogP contribution >= 0.6 is 34.5 Å². The predicted molar refractivity (Wildman–Crippen MR) is 97.1 cm³/mol. The van der Waals surface area contributed by atoms with Crippen LogP contribution in [0.15, 0.2) is 30.3 Å². The molecule has 1 heterocycles. The molecule has 1 amide bonds. The number of nitrogens with zero attached hydrogens (tertiary/aromatic N) is 1. The van der Waals surface area contributed by atoms with E-state index < -0.39 is 0 Å².